The van der Waals surface area contributed by atoms with Gasteiger partial charge in [0, 0.05) is 58.7 Å². The van der Waals surface area contributed by atoms with Gasteiger partial charge in [-0.05, 0) is 87.5 Å². The lowest BCUT2D eigenvalue weighted by molar-refractivity contribution is 0.665. The monoisotopic (exact) mass is 835 g/mol. The fraction of sp³-hybridized carbons (Fsp3) is 0. The van der Waals surface area contributed by atoms with Gasteiger partial charge in [0.05, 0.1) is 5.69 Å². The van der Waals surface area contributed by atoms with Crippen molar-refractivity contribution in [3.8, 4) is 44.5 Å². The molecule has 0 radical (unpaired) electrons. The van der Waals surface area contributed by atoms with Crippen molar-refractivity contribution in [2.75, 3.05) is 4.90 Å². The third-order valence-corrected chi connectivity index (χ3v) is 13.9. The molecule has 0 aliphatic heterocycles. The lowest BCUT2D eigenvalue weighted by Crippen LogP contribution is -2.10. The molecular formula is C60H37NO2S. The molecule has 3 nitrogen and oxygen atoms in total. The zero-order valence-corrected chi connectivity index (χ0v) is 35.4. The largest absolute Gasteiger partial charge is 0.456 e. The van der Waals surface area contributed by atoms with E-state index in [1.807, 2.05) is 23.5 Å². The molecule has 0 bridgehead atoms. The van der Waals surface area contributed by atoms with E-state index in [0.717, 1.165) is 83.2 Å². The number of benzene rings is 10. The van der Waals surface area contributed by atoms with Crippen LogP contribution in [0.1, 0.15) is 0 Å². The van der Waals surface area contributed by atoms with Gasteiger partial charge in [0.1, 0.15) is 16.7 Å². The first-order chi connectivity index (χ1) is 31.7. The van der Waals surface area contributed by atoms with Crippen molar-refractivity contribution >= 4 is 92.4 Å². The normalized spacial score (nSPS) is 11.8. The van der Waals surface area contributed by atoms with Gasteiger partial charge in [-0.1, -0.05) is 176 Å². The molecule has 0 aliphatic carbocycles. The van der Waals surface area contributed by atoms with Crippen LogP contribution in [0.25, 0.3) is 109 Å². The van der Waals surface area contributed by atoms with Crippen LogP contribution < -0.4 is 4.90 Å². The van der Waals surface area contributed by atoms with E-state index in [9.17, 15) is 0 Å². The summed E-state index contributed by atoms with van der Waals surface area (Å²) in [7, 11) is 0. The predicted octanol–water partition coefficient (Wildman–Crippen LogP) is 18.0. The second-order valence-electron chi connectivity index (χ2n) is 16.4. The van der Waals surface area contributed by atoms with Crippen LogP contribution in [-0.2, 0) is 0 Å². The van der Waals surface area contributed by atoms with Crippen LogP contribution in [0.15, 0.2) is 233 Å². The SMILES string of the molecule is c1ccc(-c2ccc(-c3c4oc5c(N(c6ccc(-c7ccccc7)cc6)c6ccc(-c7cccc8c7sc7ccccc78)cc6)cccc5c4cc4oc5ccccc5c34)cc2)cc1. The molecule has 0 unspecified atom stereocenters. The highest BCUT2D eigenvalue weighted by Crippen LogP contribution is 2.49. The van der Waals surface area contributed by atoms with Crippen molar-refractivity contribution in [1.82, 2.24) is 0 Å². The summed E-state index contributed by atoms with van der Waals surface area (Å²) in [5, 5.41) is 6.75. The Kier molecular flexibility index (Phi) is 8.40. The summed E-state index contributed by atoms with van der Waals surface area (Å²) < 4.78 is 16.6. The molecule has 64 heavy (non-hydrogen) atoms. The average molecular weight is 836 g/mol. The Morgan fingerprint density at radius 3 is 1.61 bits per heavy atom. The quantitative estimate of drug-likeness (QED) is 0.160. The van der Waals surface area contributed by atoms with Crippen LogP contribution in [0.4, 0.5) is 17.1 Å². The molecule has 3 heterocycles. The smallest absolute Gasteiger partial charge is 0.159 e. The summed E-state index contributed by atoms with van der Waals surface area (Å²) in [5.74, 6) is 0. The summed E-state index contributed by atoms with van der Waals surface area (Å²) in [6.45, 7) is 0. The van der Waals surface area contributed by atoms with Gasteiger partial charge < -0.3 is 13.7 Å². The summed E-state index contributed by atoms with van der Waals surface area (Å²) in [4.78, 5) is 2.33. The minimum Gasteiger partial charge on any atom is -0.456 e. The van der Waals surface area contributed by atoms with Crippen molar-refractivity contribution < 1.29 is 8.83 Å². The summed E-state index contributed by atoms with van der Waals surface area (Å²) in [5.41, 5.74) is 15.6. The maximum absolute atomic E-state index is 7.32. The van der Waals surface area contributed by atoms with Crippen LogP contribution in [0.5, 0.6) is 0 Å². The molecule has 300 valence electrons. The lowest BCUT2D eigenvalue weighted by Gasteiger charge is -2.26. The Hall–Kier alpha value is -8.18. The molecule has 0 atom stereocenters. The van der Waals surface area contributed by atoms with Gasteiger partial charge in [0.25, 0.3) is 0 Å². The minimum absolute atomic E-state index is 0.808. The molecule has 0 saturated heterocycles. The van der Waals surface area contributed by atoms with E-state index in [-0.39, 0.29) is 0 Å². The Morgan fingerprint density at radius 2 is 0.891 bits per heavy atom. The van der Waals surface area contributed by atoms with E-state index < -0.39 is 0 Å². The number of hydrogen-bond acceptors (Lipinski definition) is 4. The number of para-hydroxylation sites is 2. The predicted molar refractivity (Wildman–Crippen MR) is 270 cm³/mol. The van der Waals surface area contributed by atoms with Crippen molar-refractivity contribution in [2.45, 2.75) is 0 Å². The Balaban J connectivity index is 1.01. The first-order valence-corrected chi connectivity index (χ1v) is 22.5. The molecular weight excluding hydrogens is 799 g/mol. The molecule has 0 N–H and O–H groups in total. The maximum atomic E-state index is 7.32. The molecule has 0 spiro atoms. The maximum Gasteiger partial charge on any atom is 0.159 e. The summed E-state index contributed by atoms with van der Waals surface area (Å²) >= 11 is 1.86. The molecule has 0 saturated carbocycles. The standard InChI is InChI=1S/C60H37NO2S/c1-3-13-38(14-4-1)40-25-27-43(28-26-40)56-57-50-18-7-9-23-53(50)62-54(57)37-51-48-20-12-22-52(58(48)63-59(51)56)61(44-33-29-41(30-34-44)39-15-5-2-6-16-39)45-35-31-42(32-36-45)46-19-11-21-49-47-17-8-10-24-55(47)64-60(46)49/h1-37H. The number of hydrogen-bond donors (Lipinski definition) is 0. The minimum atomic E-state index is 0.808. The van der Waals surface area contributed by atoms with Crippen LogP contribution in [0, 0.1) is 0 Å². The van der Waals surface area contributed by atoms with E-state index >= 15 is 0 Å². The van der Waals surface area contributed by atoms with E-state index in [2.05, 4.69) is 217 Å². The average Bonchev–Trinajstić information content (AvgIpc) is 4.06. The number of anilines is 3. The molecule has 13 aromatic rings. The van der Waals surface area contributed by atoms with Crippen molar-refractivity contribution in [3.63, 3.8) is 0 Å². The number of rotatable bonds is 7. The van der Waals surface area contributed by atoms with E-state index in [1.54, 1.807) is 0 Å². The molecule has 0 fully saturated rings. The highest BCUT2D eigenvalue weighted by atomic mass is 32.1. The number of nitrogens with zero attached hydrogens (tertiary/aromatic N) is 1. The van der Waals surface area contributed by atoms with Gasteiger partial charge in [-0.2, -0.15) is 0 Å². The number of fused-ring (bicyclic) bond motifs is 9. The zero-order chi connectivity index (χ0) is 42.1. The Labute approximate surface area is 373 Å². The third-order valence-electron chi connectivity index (χ3n) is 12.7. The first-order valence-electron chi connectivity index (χ1n) is 21.7. The third kappa shape index (κ3) is 5.88. The molecule has 0 aliphatic rings. The Bertz CT molecular complexity index is 3860. The van der Waals surface area contributed by atoms with Gasteiger partial charge in [-0.3, -0.25) is 0 Å². The first kappa shape index (κ1) is 36.5. The molecule has 3 aromatic heterocycles. The summed E-state index contributed by atoms with van der Waals surface area (Å²) in [6, 6.07) is 80.1. The van der Waals surface area contributed by atoms with Gasteiger partial charge in [0.2, 0.25) is 0 Å². The lowest BCUT2D eigenvalue weighted by atomic mass is 9.95. The van der Waals surface area contributed by atoms with Gasteiger partial charge >= 0.3 is 0 Å². The van der Waals surface area contributed by atoms with Crippen LogP contribution >= 0.6 is 11.3 Å². The highest BCUT2D eigenvalue weighted by Gasteiger charge is 2.25. The molecule has 13 rings (SSSR count). The fourth-order valence-corrected chi connectivity index (χ4v) is 10.9. The van der Waals surface area contributed by atoms with Crippen molar-refractivity contribution in [2.24, 2.45) is 0 Å². The van der Waals surface area contributed by atoms with Crippen molar-refractivity contribution in [1.29, 1.82) is 0 Å². The van der Waals surface area contributed by atoms with Crippen LogP contribution in [-0.4, -0.2) is 0 Å². The van der Waals surface area contributed by atoms with Gasteiger partial charge in [-0.25, -0.2) is 0 Å². The van der Waals surface area contributed by atoms with Crippen molar-refractivity contribution in [3.05, 3.63) is 224 Å². The van der Waals surface area contributed by atoms with E-state index in [1.165, 1.54) is 42.4 Å². The second-order valence-corrected chi connectivity index (χ2v) is 17.4. The van der Waals surface area contributed by atoms with E-state index in [4.69, 9.17) is 8.83 Å². The number of furan rings is 2. The summed E-state index contributed by atoms with van der Waals surface area (Å²) in [6.07, 6.45) is 0. The Morgan fingerprint density at radius 1 is 0.344 bits per heavy atom. The van der Waals surface area contributed by atoms with E-state index in [0.29, 0.717) is 0 Å². The van der Waals surface area contributed by atoms with Gasteiger partial charge in [0.15, 0.2) is 5.58 Å². The molecule has 4 heteroatoms. The molecule has 0 amide bonds. The second kappa shape index (κ2) is 14.7. The number of thiophene rings is 1. The van der Waals surface area contributed by atoms with Crippen LogP contribution in [0.3, 0.4) is 0 Å². The van der Waals surface area contributed by atoms with Crippen LogP contribution in [0.2, 0.25) is 0 Å². The fourth-order valence-electron chi connectivity index (χ4n) is 9.66. The zero-order valence-electron chi connectivity index (χ0n) is 34.5. The highest BCUT2D eigenvalue weighted by molar-refractivity contribution is 7.26. The topological polar surface area (TPSA) is 29.5 Å². The molecule has 10 aromatic carbocycles. The van der Waals surface area contributed by atoms with Gasteiger partial charge in [-0.15, -0.1) is 11.3 Å².